The molecule has 12 heavy (non-hydrogen) atoms. The first-order chi connectivity index (χ1) is 5.15. The van der Waals surface area contributed by atoms with Gasteiger partial charge in [-0.05, 0) is 13.8 Å². The molecule has 0 saturated heterocycles. The zero-order valence-electron chi connectivity index (χ0n) is 7.70. The van der Waals surface area contributed by atoms with Crippen molar-refractivity contribution < 1.29 is 24.7 Å². The Kier molecular flexibility index (Phi) is 25.2. The molecule has 1 N–H and O–H groups in total. The number of carbonyl (C=O) groups is 1. The van der Waals surface area contributed by atoms with Gasteiger partial charge in [0.2, 0.25) is 0 Å². The lowest BCUT2D eigenvalue weighted by Gasteiger charge is -1.94. The van der Waals surface area contributed by atoms with E-state index in [2.05, 4.69) is 14.8 Å². The van der Waals surface area contributed by atoms with Crippen molar-refractivity contribution in [1.82, 2.24) is 0 Å². The Hall–Kier alpha value is -0.220. The number of aliphatic carboxylic acids is 1. The minimum Gasteiger partial charge on any atom is -0.481 e. The van der Waals surface area contributed by atoms with Crippen LogP contribution in [0.1, 0.15) is 20.8 Å². The summed E-state index contributed by atoms with van der Waals surface area (Å²) >= 11 is 0. The van der Waals surface area contributed by atoms with Gasteiger partial charge in [0.05, 0.1) is 13.2 Å². The second kappa shape index (κ2) is 17.0. The highest BCUT2D eigenvalue weighted by atomic mass is 31.0. The first-order valence-electron chi connectivity index (χ1n) is 3.25. The van der Waals surface area contributed by atoms with E-state index in [0.717, 1.165) is 6.92 Å². The lowest BCUT2D eigenvalue weighted by atomic mass is 10.9. The summed E-state index contributed by atoms with van der Waals surface area (Å²) in [5, 5.41) is 11.5. The van der Waals surface area contributed by atoms with Crippen molar-refractivity contribution in [3.8, 4) is 0 Å². The maximum absolute atomic E-state index is 9.00. The number of carboxylic acid groups (broad SMARTS) is 1. The number of hydrogen-bond donors (Lipinski definition) is 1. The summed E-state index contributed by atoms with van der Waals surface area (Å²) in [6.07, 6.45) is 0. The molecular weight excluding hydrogens is 183 g/mol. The lowest BCUT2D eigenvalue weighted by Crippen LogP contribution is -1.94. The van der Waals surface area contributed by atoms with Crippen LogP contribution in [0.2, 0.25) is 0 Å². The first-order valence-corrected chi connectivity index (χ1v) is 3.25. The third kappa shape index (κ3) is 52.8. The van der Waals surface area contributed by atoms with E-state index < -0.39 is 5.97 Å². The molecule has 0 amide bonds. The van der Waals surface area contributed by atoms with Gasteiger partial charge in [0.1, 0.15) is 0 Å². The lowest BCUT2D eigenvalue weighted by molar-refractivity contribution is -0.509. The molecule has 5 nitrogen and oxygen atoms in total. The molecule has 6 heteroatoms. The Bertz CT molecular complexity index is 80.0. The molecule has 0 saturated carbocycles. The van der Waals surface area contributed by atoms with Gasteiger partial charge < -0.3 is 5.11 Å². The van der Waals surface area contributed by atoms with E-state index in [1.807, 2.05) is 13.8 Å². The molecule has 1 atom stereocenters. The highest BCUT2D eigenvalue weighted by molar-refractivity contribution is 6.92. The Balaban J connectivity index is -0.000000142. The fraction of sp³-hybridized carbons (Fsp3) is 0.833. The van der Waals surface area contributed by atoms with E-state index >= 15 is 0 Å². The number of rotatable bonds is 4. The zero-order valence-corrected chi connectivity index (χ0v) is 9.12. The van der Waals surface area contributed by atoms with E-state index in [1.165, 1.54) is 0 Å². The second-order valence-corrected chi connectivity index (χ2v) is 1.40. The molecule has 0 spiro atoms. The van der Waals surface area contributed by atoms with Gasteiger partial charge in [-0.25, -0.2) is 9.78 Å². The average Bonchev–Trinajstić information content (AvgIpc) is 1.88. The van der Waals surface area contributed by atoms with Gasteiger partial charge in [0.25, 0.3) is 5.97 Å². The quantitative estimate of drug-likeness (QED) is 0.318. The summed E-state index contributed by atoms with van der Waals surface area (Å²) in [6.45, 7) is 5.75. The Morgan fingerprint density at radius 1 is 1.25 bits per heavy atom. The molecule has 0 fully saturated rings. The molecule has 0 aromatic rings. The van der Waals surface area contributed by atoms with Crippen LogP contribution in [-0.2, 0) is 19.6 Å². The fourth-order valence-electron chi connectivity index (χ4n) is 0.130. The number of carboxylic acids is 1. The van der Waals surface area contributed by atoms with Crippen molar-refractivity contribution in [2.24, 2.45) is 0 Å². The normalized spacial score (nSPS) is 7.58. The third-order valence-electron chi connectivity index (χ3n) is 0.332. The molecule has 0 radical (unpaired) electrons. The molecule has 0 rings (SSSR count). The van der Waals surface area contributed by atoms with Crippen LogP contribution in [-0.4, -0.2) is 24.3 Å². The largest absolute Gasteiger partial charge is 0.481 e. The van der Waals surface area contributed by atoms with Gasteiger partial charge in [0.15, 0.2) is 0 Å². The predicted octanol–water partition coefficient (Wildman–Crippen LogP) is 1.05. The van der Waals surface area contributed by atoms with Crippen LogP contribution < -0.4 is 0 Å². The minimum atomic E-state index is -0.833. The standard InChI is InChI=1S/C4H10O3.C2H4O2.H3P/c1-3-5-7-6-4-2;1-2(3)4;/h3-4H2,1-2H3;1H3,(H,3,4);1H3. The van der Waals surface area contributed by atoms with Gasteiger partial charge in [-0.15, -0.1) is 0 Å². The van der Waals surface area contributed by atoms with E-state index in [4.69, 9.17) is 9.90 Å². The summed E-state index contributed by atoms with van der Waals surface area (Å²) < 4.78 is 0. The van der Waals surface area contributed by atoms with Crippen LogP contribution in [0.4, 0.5) is 0 Å². The van der Waals surface area contributed by atoms with Crippen molar-refractivity contribution in [1.29, 1.82) is 0 Å². The van der Waals surface area contributed by atoms with E-state index in [0.29, 0.717) is 13.2 Å². The Labute approximate surface area is 75.5 Å². The molecule has 0 aromatic carbocycles. The zero-order chi connectivity index (χ0) is 9.11. The Morgan fingerprint density at radius 3 is 1.67 bits per heavy atom. The first kappa shape index (κ1) is 17.8. The Morgan fingerprint density at radius 2 is 1.50 bits per heavy atom. The highest BCUT2D eigenvalue weighted by Crippen LogP contribution is 1.77. The fourth-order valence-corrected chi connectivity index (χ4v) is 0.130. The van der Waals surface area contributed by atoms with Crippen LogP contribution in [0.25, 0.3) is 0 Å². The van der Waals surface area contributed by atoms with Gasteiger partial charge in [-0.1, -0.05) is 5.04 Å². The molecule has 0 heterocycles. The molecule has 0 bridgehead atoms. The minimum absolute atomic E-state index is 0. The molecule has 0 aliphatic rings. The van der Waals surface area contributed by atoms with Gasteiger partial charge in [-0.2, -0.15) is 9.90 Å². The topological polar surface area (TPSA) is 65.0 Å². The number of hydrogen-bond acceptors (Lipinski definition) is 4. The van der Waals surface area contributed by atoms with Gasteiger partial charge >= 0.3 is 0 Å². The van der Waals surface area contributed by atoms with Gasteiger partial charge in [-0.3, -0.25) is 4.79 Å². The van der Waals surface area contributed by atoms with Crippen molar-refractivity contribution in [2.75, 3.05) is 13.2 Å². The average molecular weight is 200 g/mol. The van der Waals surface area contributed by atoms with Crippen LogP contribution in [0.5, 0.6) is 0 Å². The van der Waals surface area contributed by atoms with Crippen LogP contribution in [0.15, 0.2) is 0 Å². The smallest absolute Gasteiger partial charge is 0.300 e. The summed E-state index contributed by atoms with van der Waals surface area (Å²) in [5.41, 5.74) is 0. The van der Waals surface area contributed by atoms with Crippen molar-refractivity contribution in [3.63, 3.8) is 0 Å². The predicted molar refractivity (Wildman–Crippen MR) is 48.8 cm³/mol. The summed E-state index contributed by atoms with van der Waals surface area (Å²) in [6, 6.07) is 0. The summed E-state index contributed by atoms with van der Waals surface area (Å²) in [7, 11) is 0. The maximum Gasteiger partial charge on any atom is 0.300 e. The maximum atomic E-state index is 9.00. The second-order valence-electron chi connectivity index (χ2n) is 1.40. The monoisotopic (exact) mass is 200 g/mol. The van der Waals surface area contributed by atoms with Crippen molar-refractivity contribution >= 4 is 15.9 Å². The summed E-state index contributed by atoms with van der Waals surface area (Å²) in [4.78, 5) is 17.7. The van der Waals surface area contributed by atoms with Crippen LogP contribution in [0.3, 0.4) is 0 Å². The van der Waals surface area contributed by atoms with Crippen LogP contribution >= 0.6 is 9.90 Å². The van der Waals surface area contributed by atoms with Gasteiger partial charge in [0, 0.05) is 6.92 Å². The summed E-state index contributed by atoms with van der Waals surface area (Å²) in [5.74, 6) is -0.833. The molecule has 76 valence electrons. The van der Waals surface area contributed by atoms with Crippen molar-refractivity contribution in [2.45, 2.75) is 20.8 Å². The third-order valence-corrected chi connectivity index (χ3v) is 0.332. The molecule has 1 unspecified atom stereocenters. The van der Waals surface area contributed by atoms with E-state index in [1.54, 1.807) is 0 Å². The van der Waals surface area contributed by atoms with E-state index in [9.17, 15) is 0 Å². The van der Waals surface area contributed by atoms with Crippen LogP contribution in [0, 0.1) is 0 Å². The molecule has 0 aliphatic carbocycles. The highest BCUT2D eigenvalue weighted by Gasteiger charge is 1.77. The molecular formula is C6H17O5P. The van der Waals surface area contributed by atoms with Crippen molar-refractivity contribution in [3.05, 3.63) is 0 Å². The molecule has 0 aromatic heterocycles. The molecule has 0 aliphatic heterocycles. The SMILES string of the molecule is CC(=O)O.CCOOOCC.P. The van der Waals surface area contributed by atoms with E-state index in [-0.39, 0.29) is 9.90 Å².